The molecule has 0 saturated carbocycles. The van der Waals surface area contributed by atoms with Crippen molar-refractivity contribution in [2.24, 2.45) is 0 Å². The van der Waals surface area contributed by atoms with Gasteiger partial charge in [-0.2, -0.15) is 17.6 Å². The molecule has 0 amide bonds. The smallest absolute Gasteiger partial charge is 0.282 e. The minimum Gasteiger partial charge on any atom is -0.598 e. The van der Waals surface area contributed by atoms with Crippen molar-refractivity contribution >= 4 is 21.4 Å². The molecule has 0 bridgehead atoms. The van der Waals surface area contributed by atoms with Gasteiger partial charge >= 0.3 is 0 Å². The highest BCUT2D eigenvalue weighted by molar-refractivity contribution is 7.90. The fraction of sp³-hybridized carbons (Fsp3) is 0.389. The maximum absolute atomic E-state index is 12.7. The van der Waals surface area contributed by atoms with E-state index >= 15 is 0 Å². The van der Waals surface area contributed by atoms with Crippen molar-refractivity contribution < 1.29 is 13.0 Å². The minimum absolute atomic E-state index is 0.171. The molecule has 1 aromatic carbocycles. The van der Waals surface area contributed by atoms with E-state index in [9.17, 15) is 13.0 Å². The van der Waals surface area contributed by atoms with Gasteiger partial charge in [0.05, 0.1) is 16.6 Å². The summed E-state index contributed by atoms with van der Waals surface area (Å²) >= 11 is -1.32. The Morgan fingerprint density at radius 1 is 1.31 bits per heavy atom. The van der Waals surface area contributed by atoms with Crippen LogP contribution in [0.15, 0.2) is 54.1 Å². The number of nitrogens with one attached hydrogen (secondary N) is 1. The van der Waals surface area contributed by atoms with Crippen LogP contribution in [0.4, 0.5) is 0 Å². The normalized spacial score (nSPS) is 14.8. The van der Waals surface area contributed by atoms with Crippen molar-refractivity contribution in [1.29, 1.82) is 0 Å². The molecule has 1 heterocycles. The Labute approximate surface area is 158 Å². The van der Waals surface area contributed by atoms with Crippen LogP contribution in [0.25, 0.3) is 0 Å². The predicted molar refractivity (Wildman–Crippen MR) is 105 cm³/mol. The van der Waals surface area contributed by atoms with Crippen molar-refractivity contribution in [2.75, 3.05) is 0 Å². The molecule has 0 fully saturated rings. The lowest BCUT2D eigenvalue weighted by atomic mass is 10.1. The highest BCUT2D eigenvalue weighted by atomic mass is 32.2. The summed E-state index contributed by atoms with van der Waals surface area (Å²) in [5.41, 5.74) is 1.48. The molecule has 0 radical (unpaired) electrons. The molecule has 142 valence electrons. The van der Waals surface area contributed by atoms with Crippen LogP contribution in [0.1, 0.15) is 44.5 Å². The zero-order chi connectivity index (χ0) is 19.5. The lowest BCUT2D eigenvalue weighted by Crippen LogP contribution is -2.41. The van der Waals surface area contributed by atoms with Crippen molar-refractivity contribution in [3.8, 4) is 0 Å². The number of benzene rings is 1. The summed E-state index contributed by atoms with van der Waals surface area (Å²) in [6, 6.07) is 7.83. The Kier molecular flexibility index (Phi) is 6.33. The molecule has 0 aliphatic rings. The van der Waals surface area contributed by atoms with Crippen LogP contribution >= 0.6 is 0 Å². The van der Waals surface area contributed by atoms with Gasteiger partial charge in [0.1, 0.15) is 4.75 Å². The van der Waals surface area contributed by atoms with Crippen molar-refractivity contribution in [3.63, 3.8) is 0 Å². The van der Waals surface area contributed by atoms with Crippen LogP contribution in [0.2, 0.25) is 0 Å². The van der Waals surface area contributed by atoms with Gasteiger partial charge in [0.15, 0.2) is 0 Å². The van der Waals surface area contributed by atoms with E-state index in [1.807, 2.05) is 27.7 Å². The highest BCUT2D eigenvalue weighted by Gasteiger charge is 2.30. The first-order valence-corrected chi connectivity index (χ1v) is 10.8. The quantitative estimate of drug-likeness (QED) is 0.575. The van der Waals surface area contributed by atoms with Crippen molar-refractivity contribution in [3.05, 3.63) is 60.4 Å². The average molecular weight is 396 g/mol. The van der Waals surface area contributed by atoms with Gasteiger partial charge in [-0.15, -0.1) is 11.3 Å². The van der Waals surface area contributed by atoms with E-state index in [1.165, 1.54) is 6.20 Å². The summed E-state index contributed by atoms with van der Waals surface area (Å²) in [4.78, 5) is 0.171. The molecular formula is C18H25N3O3S2. The molecule has 1 unspecified atom stereocenters. The monoisotopic (exact) mass is 395 g/mol. The number of hydrogen-bond donors (Lipinski definition) is 1. The van der Waals surface area contributed by atoms with Crippen LogP contribution in [0, 0.1) is 6.92 Å². The largest absolute Gasteiger partial charge is 0.598 e. The minimum atomic E-state index is -3.76. The summed E-state index contributed by atoms with van der Waals surface area (Å²) in [5.74, 6) is 0. The summed E-state index contributed by atoms with van der Waals surface area (Å²) in [7, 11) is -3.76. The van der Waals surface area contributed by atoms with Gasteiger partial charge in [0.25, 0.3) is 10.0 Å². The third kappa shape index (κ3) is 4.76. The van der Waals surface area contributed by atoms with Gasteiger partial charge in [0, 0.05) is 17.6 Å². The second-order valence-corrected chi connectivity index (χ2v) is 10.8. The lowest BCUT2D eigenvalue weighted by Gasteiger charge is -2.26. The predicted octanol–water partition coefficient (Wildman–Crippen LogP) is 3.10. The topological polar surface area (TPSA) is 87.0 Å². The summed E-state index contributed by atoms with van der Waals surface area (Å²) in [6.45, 7) is 11.2. The molecule has 1 aromatic heterocycles. The first kappa shape index (κ1) is 20.7. The second kappa shape index (κ2) is 7.96. The van der Waals surface area contributed by atoms with E-state index in [-0.39, 0.29) is 10.9 Å². The van der Waals surface area contributed by atoms with Gasteiger partial charge < -0.3 is 4.55 Å². The maximum atomic E-state index is 12.7. The SMILES string of the molecule is C=CC[C@H](N[S+]([O-])C(C)(C)C)c1ccn(S(=O)(=O)c2ccc(C)cc2)n1. The van der Waals surface area contributed by atoms with E-state index in [0.29, 0.717) is 12.1 Å². The number of rotatable bonds is 7. The molecule has 0 aliphatic carbocycles. The molecule has 0 saturated heterocycles. The molecule has 6 nitrogen and oxygen atoms in total. The number of aromatic nitrogens is 2. The van der Waals surface area contributed by atoms with Crippen LogP contribution in [-0.4, -0.2) is 26.9 Å². The fourth-order valence-corrected chi connectivity index (χ4v) is 4.11. The molecule has 2 aromatic rings. The fourth-order valence-electron chi connectivity index (χ4n) is 2.16. The molecule has 1 N–H and O–H groups in total. The number of aryl methyl sites for hydroxylation is 1. The Morgan fingerprint density at radius 2 is 1.92 bits per heavy atom. The molecule has 8 heteroatoms. The third-order valence-electron chi connectivity index (χ3n) is 3.72. The van der Waals surface area contributed by atoms with Crippen LogP contribution < -0.4 is 4.72 Å². The zero-order valence-corrected chi connectivity index (χ0v) is 17.1. The molecular weight excluding hydrogens is 370 g/mol. The standard InChI is InChI=1S/C18H25N3O3S2/c1-6-7-17(20-25(22)18(3,4)5)16-12-13-21(19-16)26(23,24)15-10-8-14(2)9-11-15/h6,8-13,17,20H,1,7H2,2-5H3/t17-,25?/m0/s1. The van der Waals surface area contributed by atoms with Crippen LogP contribution in [-0.2, 0) is 21.4 Å². The van der Waals surface area contributed by atoms with E-state index in [2.05, 4.69) is 16.4 Å². The van der Waals surface area contributed by atoms with E-state index in [0.717, 1.165) is 9.65 Å². The van der Waals surface area contributed by atoms with Crippen molar-refractivity contribution in [1.82, 2.24) is 13.9 Å². The Morgan fingerprint density at radius 3 is 2.46 bits per heavy atom. The van der Waals surface area contributed by atoms with Gasteiger partial charge in [0.2, 0.25) is 0 Å². The molecule has 2 rings (SSSR count). The summed E-state index contributed by atoms with van der Waals surface area (Å²) in [5, 5.41) is 4.22. The highest BCUT2D eigenvalue weighted by Crippen LogP contribution is 2.23. The molecule has 26 heavy (non-hydrogen) atoms. The third-order valence-corrected chi connectivity index (χ3v) is 6.89. The lowest BCUT2D eigenvalue weighted by molar-refractivity contribution is 0.519. The van der Waals surface area contributed by atoms with E-state index < -0.39 is 26.1 Å². The first-order valence-electron chi connectivity index (χ1n) is 8.22. The average Bonchev–Trinajstić information content (AvgIpc) is 3.04. The van der Waals surface area contributed by atoms with E-state index in [4.69, 9.17) is 0 Å². The molecule has 0 spiro atoms. The van der Waals surface area contributed by atoms with Crippen LogP contribution in [0.5, 0.6) is 0 Å². The molecule has 2 atom stereocenters. The number of hydrogen-bond acceptors (Lipinski definition) is 5. The Balaban J connectivity index is 2.30. The maximum Gasteiger partial charge on any atom is 0.282 e. The number of nitrogens with zero attached hydrogens (tertiary/aromatic N) is 2. The summed E-state index contributed by atoms with van der Waals surface area (Å²) in [6.07, 6.45) is 3.57. The van der Waals surface area contributed by atoms with Gasteiger partial charge in [-0.25, -0.2) is 0 Å². The van der Waals surface area contributed by atoms with E-state index in [1.54, 1.807) is 36.4 Å². The van der Waals surface area contributed by atoms with Gasteiger partial charge in [-0.3, -0.25) is 0 Å². The van der Waals surface area contributed by atoms with Gasteiger partial charge in [-0.1, -0.05) is 23.8 Å². The van der Waals surface area contributed by atoms with Gasteiger partial charge in [-0.05, 0) is 52.3 Å². The second-order valence-electron chi connectivity index (χ2n) is 7.01. The zero-order valence-electron chi connectivity index (χ0n) is 15.5. The van der Waals surface area contributed by atoms with Crippen LogP contribution in [0.3, 0.4) is 0 Å². The first-order chi connectivity index (χ1) is 12.1. The Bertz CT molecular complexity index is 853. The summed E-state index contributed by atoms with van der Waals surface area (Å²) < 4.78 is 41.4. The Hall–Kier alpha value is -1.61. The van der Waals surface area contributed by atoms with Crippen molar-refractivity contribution in [2.45, 2.75) is 49.8 Å². The molecule has 0 aliphatic heterocycles.